The molecule has 2 aromatic carbocycles. The smallest absolute Gasteiger partial charge is 0.0409 e. The largest absolute Gasteiger partial charge is 0.316 e. The van der Waals surface area contributed by atoms with Crippen molar-refractivity contribution >= 4 is 11.6 Å². The molecular formula is C16H18ClN. The minimum absolute atomic E-state index is 0.785. The van der Waals surface area contributed by atoms with E-state index in [1.807, 2.05) is 19.2 Å². The third-order valence-electron chi connectivity index (χ3n) is 3.25. The molecule has 1 nitrogen and oxygen atoms in total. The molecule has 2 rings (SSSR count). The van der Waals surface area contributed by atoms with Crippen LogP contribution in [0.2, 0.25) is 5.02 Å². The first-order valence-electron chi connectivity index (χ1n) is 6.12. The highest BCUT2D eigenvalue weighted by Crippen LogP contribution is 2.28. The molecule has 0 spiro atoms. The lowest BCUT2D eigenvalue weighted by Crippen LogP contribution is -2.06. The molecule has 2 heteroatoms. The van der Waals surface area contributed by atoms with Gasteiger partial charge in [0.2, 0.25) is 0 Å². The Morgan fingerprint density at radius 1 is 1.00 bits per heavy atom. The van der Waals surface area contributed by atoms with Gasteiger partial charge in [0.1, 0.15) is 0 Å². The van der Waals surface area contributed by atoms with Gasteiger partial charge in [-0.05, 0) is 60.8 Å². The number of rotatable bonds is 3. The lowest BCUT2D eigenvalue weighted by molar-refractivity contribution is 0.819. The maximum Gasteiger partial charge on any atom is 0.0409 e. The fourth-order valence-electron chi connectivity index (χ4n) is 2.09. The Morgan fingerprint density at radius 3 is 2.44 bits per heavy atom. The van der Waals surface area contributed by atoms with Crippen LogP contribution in [0.1, 0.15) is 16.7 Å². The molecular weight excluding hydrogens is 242 g/mol. The Morgan fingerprint density at radius 2 is 1.78 bits per heavy atom. The highest BCUT2D eigenvalue weighted by molar-refractivity contribution is 6.30. The molecule has 0 bridgehead atoms. The molecule has 1 N–H and O–H groups in total. The summed E-state index contributed by atoms with van der Waals surface area (Å²) in [7, 11) is 1.95. The maximum absolute atomic E-state index is 6.07. The van der Waals surface area contributed by atoms with Crippen LogP contribution < -0.4 is 5.32 Å². The van der Waals surface area contributed by atoms with Crippen LogP contribution in [0.5, 0.6) is 0 Å². The van der Waals surface area contributed by atoms with Crippen molar-refractivity contribution in [2.75, 3.05) is 7.05 Å². The van der Waals surface area contributed by atoms with Gasteiger partial charge < -0.3 is 5.32 Å². The second-order valence-electron chi connectivity index (χ2n) is 4.63. The molecule has 0 aliphatic rings. The van der Waals surface area contributed by atoms with E-state index in [0.717, 1.165) is 11.6 Å². The van der Waals surface area contributed by atoms with Gasteiger partial charge in [-0.15, -0.1) is 0 Å². The second kappa shape index (κ2) is 5.55. The molecule has 0 heterocycles. The van der Waals surface area contributed by atoms with E-state index in [4.69, 9.17) is 11.6 Å². The van der Waals surface area contributed by atoms with Crippen molar-refractivity contribution in [3.8, 4) is 11.1 Å². The van der Waals surface area contributed by atoms with Crippen molar-refractivity contribution in [1.82, 2.24) is 5.32 Å². The van der Waals surface area contributed by atoms with Gasteiger partial charge in [-0.1, -0.05) is 35.9 Å². The highest BCUT2D eigenvalue weighted by atomic mass is 35.5. The summed E-state index contributed by atoms with van der Waals surface area (Å²) in [5.74, 6) is 0. The number of aryl methyl sites for hydroxylation is 2. The zero-order valence-corrected chi connectivity index (χ0v) is 11.8. The second-order valence-corrected chi connectivity index (χ2v) is 5.07. The third-order valence-corrected chi connectivity index (χ3v) is 3.49. The van der Waals surface area contributed by atoms with Gasteiger partial charge in [0.15, 0.2) is 0 Å². The number of nitrogens with one attached hydrogen (secondary N) is 1. The number of hydrogen-bond acceptors (Lipinski definition) is 1. The predicted molar refractivity (Wildman–Crippen MR) is 79.1 cm³/mol. The summed E-state index contributed by atoms with van der Waals surface area (Å²) in [5.41, 5.74) is 6.37. The number of benzene rings is 2. The fourth-order valence-corrected chi connectivity index (χ4v) is 2.28. The van der Waals surface area contributed by atoms with E-state index in [1.54, 1.807) is 0 Å². The first kappa shape index (κ1) is 13.1. The van der Waals surface area contributed by atoms with Gasteiger partial charge >= 0.3 is 0 Å². The molecule has 94 valence electrons. The van der Waals surface area contributed by atoms with Gasteiger partial charge in [0.25, 0.3) is 0 Å². The van der Waals surface area contributed by atoms with Crippen LogP contribution in [0, 0.1) is 13.8 Å². The van der Waals surface area contributed by atoms with Crippen LogP contribution in [0.4, 0.5) is 0 Å². The Labute approximate surface area is 114 Å². The van der Waals surface area contributed by atoms with Gasteiger partial charge in [-0.25, -0.2) is 0 Å². The first-order valence-corrected chi connectivity index (χ1v) is 6.50. The molecule has 18 heavy (non-hydrogen) atoms. The van der Waals surface area contributed by atoms with Crippen LogP contribution in [0.25, 0.3) is 11.1 Å². The molecule has 0 fully saturated rings. The van der Waals surface area contributed by atoms with Gasteiger partial charge in [-0.3, -0.25) is 0 Å². The molecule has 0 atom stereocenters. The average molecular weight is 260 g/mol. The van der Waals surface area contributed by atoms with E-state index < -0.39 is 0 Å². The summed E-state index contributed by atoms with van der Waals surface area (Å²) < 4.78 is 0. The molecule has 0 amide bonds. The van der Waals surface area contributed by atoms with Crippen LogP contribution in [-0.2, 0) is 6.54 Å². The molecule has 0 aromatic heterocycles. The Kier molecular flexibility index (Phi) is 4.05. The topological polar surface area (TPSA) is 12.0 Å². The average Bonchev–Trinajstić information content (AvgIpc) is 2.34. The normalized spacial score (nSPS) is 10.7. The Balaban J connectivity index is 2.51. The predicted octanol–water partition coefficient (Wildman–Crippen LogP) is 4.34. The van der Waals surface area contributed by atoms with E-state index in [1.165, 1.54) is 27.8 Å². The number of hydrogen-bond donors (Lipinski definition) is 1. The Bertz CT molecular complexity index is 561. The maximum atomic E-state index is 6.07. The van der Waals surface area contributed by atoms with Crippen molar-refractivity contribution in [2.24, 2.45) is 0 Å². The van der Waals surface area contributed by atoms with Crippen LogP contribution in [-0.4, -0.2) is 7.05 Å². The van der Waals surface area contributed by atoms with Gasteiger partial charge in [0.05, 0.1) is 0 Å². The standard InChI is InChI=1S/C16H18ClN/c1-11-4-5-13(8-12(11)2)16-7-6-15(17)9-14(16)10-18-3/h4-9,18H,10H2,1-3H3. The molecule has 0 radical (unpaired) electrons. The summed E-state index contributed by atoms with van der Waals surface area (Å²) in [6.07, 6.45) is 0. The molecule has 2 aromatic rings. The van der Waals surface area contributed by atoms with Crippen molar-refractivity contribution in [3.63, 3.8) is 0 Å². The summed E-state index contributed by atoms with van der Waals surface area (Å²) in [6, 6.07) is 12.7. The van der Waals surface area contributed by atoms with E-state index in [9.17, 15) is 0 Å². The molecule has 0 saturated heterocycles. The quantitative estimate of drug-likeness (QED) is 0.865. The molecule has 0 unspecified atom stereocenters. The minimum atomic E-state index is 0.785. The van der Waals surface area contributed by atoms with Crippen molar-refractivity contribution in [3.05, 3.63) is 58.1 Å². The minimum Gasteiger partial charge on any atom is -0.316 e. The first-order chi connectivity index (χ1) is 8.61. The fraction of sp³-hybridized carbons (Fsp3) is 0.250. The summed E-state index contributed by atoms with van der Waals surface area (Å²) in [4.78, 5) is 0. The van der Waals surface area contributed by atoms with Crippen molar-refractivity contribution in [1.29, 1.82) is 0 Å². The van der Waals surface area contributed by atoms with Crippen molar-refractivity contribution < 1.29 is 0 Å². The lowest BCUT2D eigenvalue weighted by atomic mass is 9.96. The van der Waals surface area contributed by atoms with Gasteiger partial charge in [0, 0.05) is 11.6 Å². The van der Waals surface area contributed by atoms with Crippen LogP contribution in [0.15, 0.2) is 36.4 Å². The lowest BCUT2D eigenvalue weighted by Gasteiger charge is -2.11. The van der Waals surface area contributed by atoms with Crippen molar-refractivity contribution in [2.45, 2.75) is 20.4 Å². The summed E-state index contributed by atoms with van der Waals surface area (Å²) >= 11 is 6.07. The van der Waals surface area contributed by atoms with E-state index >= 15 is 0 Å². The summed E-state index contributed by atoms with van der Waals surface area (Å²) in [5, 5.41) is 3.97. The zero-order chi connectivity index (χ0) is 13.1. The summed E-state index contributed by atoms with van der Waals surface area (Å²) in [6.45, 7) is 5.10. The van der Waals surface area contributed by atoms with Crippen LogP contribution in [0.3, 0.4) is 0 Å². The third kappa shape index (κ3) is 2.74. The van der Waals surface area contributed by atoms with E-state index in [2.05, 4.69) is 43.4 Å². The molecule has 0 aliphatic heterocycles. The van der Waals surface area contributed by atoms with Gasteiger partial charge in [-0.2, -0.15) is 0 Å². The highest BCUT2D eigenvalue weighted by Gasteiger charge is 2.06. The van der Waals surface area contributed by atoms with E-state index in [-0.39, 0.29) is 0 Å². The number of halogens is 1. The SMILES string of the molecule is CNCc1cc(Cl)ccc1-c1ccc(C)c(C)c1. The monoisotopic (exact) mass is 259 g/mol. The zero-order valence-electron chi connectivity index (χ0n) is 11.0. The van der Waals surface area contributed by atoms with E-state index in [0.29, 0.717) is 0 Å². The molecule has 0 saturated carbocycles. The molecule has 0 aliphatic carbocycles. The van der Waals surface area contributed by atoms with Crippen LogP contribution >= 0.6 is 11.6 Å². The Hall–Kier alpha value is -1.31.